The molecule has 0 aliphatic rings. The summed E-state index contributed by atoms with van der Waals surface area (Å²) in [5.74, 6) is -0.516. The number of halogens is 1. The van der Waals surface area contributed by atoms with Gasteiger partial charge < -0.3 is 5.32 Å². The van der Waals surface area contributed by atoms with Crippen LogP contribution in [0.1, 0.15) is 21.7 Å². The van der Waals surface area contributed by atoms with Gasteiger partial charge in [0, 0.05) is 29.3 Å². The molecule has 0 unspecified atom stereocenters. The van der Waals surface area contributed by atoms with E-state index in [4.69, 9.17) is 11.6 Å². The minimum Gasteiger partial charge on any atom is -0.355 e. The number of anilines is 1. The second-order valence-corrected chi connectivity index (χ2v) is 6.89. The molecule has 2 N–H and O–H groups in total. The Labute approximate surface area is 164 Å². The van der Waals surface area contributed by atoms with Gasteiger partial charge in [0.1, 0.15) is 5.69 Å². The van der Waals surface area contributed by atoms with Gasteiger partial charge in [0.2, 0.25) is 5.91 Å². The molecule has 0 spiro atoms. The van der Waals surface area contributed by atoms with Crippen molar-refractivity contribution in [3.63, 3.8) is 0 Å². The van der Waals surface area contributed by atoms with Crippen LogP contribution in [0.2, 0.25) is 5.02 Å². The first-order chi connectivity index (χ1) is 13.1. The summed E-state index contributed by atoms with van der Waals surface area (Å²) in [5.41, 5.74) is 1.90. The van der Waals surface area contributed by atoms with E-state index < -0.39 is 5.91 Å². The zero-order chi connectivity index (χ0) is 19.1. The number of nitrogens with one attached hydrogen (secondary N) is 2. The summed E-state index contributed by atoms with van der Waals surface area (Å²) in [7, 11) is 0. The van der Waals surface area contributed by atoms with E-state index in [2.05, 4.69) is 25.6 Å². The fraction of sp³-hybridized carbons (Fsp3) is 0.167. The maximum absolute atomic E-state index is 12.0. The van der Waals surface area contributed by atoms with E-state index in [1.54, 1.807) is 5.38 Å². The van der Waals surface area contributed by atoms with Gasteiger partial charge in [-0.1, -0.05) is 23.7 Å². The first-order valence-corrected chi connectivity index (χ1v) is 9.39. The number of hydrogen-bond donors (Lipinski definition) is 2. The van der Waals surface area contributed by atoms with Gasteiger partial charge >= 0.3 is 0 Å². The number of benzene rings is 1. The molecule has 0 bridgehead atoms. The smallest absolute Gasteiger partial charge is 0.277 e. The Balaban J connectivity index is 1.45. The lowest BCUT2D eigenvalue weighted by Crippen LogP contribution is -2.27. The molecule has 9 heteroatoms. The highest BCUT2D eigenvalue weighted by atomic mass is 35.5. The summed E-state index contributed by atoms with van der Waals surface area (Å²) < 4.78 is 0. The van der Waals surface area contributed by atoms with Gasteiger partial charge in [-0.3, -0.25) is 19.9 Å². The van der Waals surface area contributed by atoms with Crippen LogP contribution in [0, 0.1) is 0 Å². The number of carbonyl (C=O) groups is 2. The average Bonchev–Trinajstić information content (AvgIpc) is 3.10. The molecule has 138 valence electrons. The molecule has 3 rings (SSSR count). The van der Waals surface area contributed by atoms with Gasteiger partial charge in [0.25, 0.3) is 5.91 Å². The van der Waals surface area contributed by atoms with Crippen LogP contribution in [0.5, 0.6) is 0 Å². The number of nitrogens with zero attached hydrogens (tertiary/aromatic N) is 3. The van der Waals surface area contributed by atoms with Gasteiger partial charge in [0.05, 0.1) is 18.3 Å². The minimum atomic E-state index is -0.392. The molecule has 3 aromatic rings. The van der Waals surface area contributed by atoms with Crippen LogP contribution in [-0.4, -0.2) is 33.3 Å². The molecule has 0 radical (unpaired) electrons. The Morgan fingerprint density at radius 1 is 1.15 bits per heavy atom. The van der Waals surface area contributed by atoms with Crippen molar-refractivity contribution in [2.75, 3.05) is 11.9 Å². The lowest BCUT2D eigenvalue weighted by Gasteiger charge is -2.04. The molecule has 1 aromatic carbocycles. The van der Waals surface area contributed by atoms with Gasteiger partial charge in [-0.15, -0.1) is 11.3 Å². The third kappa shape index (κ3) is 5.83. The van der Waals surface area contributed by atoms with E-state index in [1.807, 2.05) is 24.3 Å². The van der Waals surface area contributed by atoms with Crippen molar-refractivity contribution in [1.82, 2.24) is 20.3 Å². The van der Waals surface area contributed by atoms with Crippen LogP contribution in [0.25, 0.3) is 0 Å². The van der Waals surface area contributed by atoms with E-state index in [0.717, 1.165) is 12.0 Å². The zero-order valence-electron chi connectivity index (χ0n) is 14.2. The minimum absolute atomic E-state index is 0.124. The Kier molecular flexibility index (Phi) is 6.45. The maximum Gasteiger partial charge on any atom is 0.277 e. The number of carbonyl (C=O) groups excluding carboxylic acids is 2. The molecule has 0 atom stereocenters. The zero-order valence-corrected chi connectivity index (χ0v) is 15.8. The molecular weight excluding hydrogens is 386 g/mol. The molecule has 0 aliphatic carbocycles. The SMILES string of the molecule is O=C(Cc1csc(NC(=O)c2cnccn2)n1)NCCc1ccc(Cl)cc1. The van der Waals surface area contributed by atoms with Crippen LogP contribution in [-0.2, 0) is 17.6 Å². The van der Waals surface area contributed by atoms with Gasteiger partial charge in [-0.2, -0.15) is 0 Å². The number of aromatic nitrogens is 3. The third-order valence-electron chi connectivity index (χ3n) is 3.56. The van der Waals surface area contributed by atoms with Crippen molar-refractivity contribution in [3.05, 3.63) is 70.2 Å². The largest absolute Gasteiger partial charge is 0.355 e. The summed E-state index contributed by atoms with van der Waals surface area (Å²) in [6.07, 6.45) is 5.18. The molecule has 0 aliphatic heterocycles. The molecule has 2 aromatic heterocycles. The van der Waals surface area contributed by atoms with Crippen LogP contribution < -0.4 is 10.6 Å². The summed E-state index contributed by atoms with van der Waals surface area (Å²) in [5, 5.41) is 8.34. The summed E-state index contributed by atoms with van der Waals surface area (Å²) in [6.45, 7) is 0.529. The fourth-order valence-electron chi connectivity index (χ4n) is 2.25. The lowest BCUT2D eigenvalue weighted by molar-refractivity contribution is -0.120. The number of thiazole rings is 1. The predicted molar refractivity (Wildman–Crippen MR) is 104 cm³/mol. The van der Waals surface area contributed by atoms with Crippen molar-refractivity contribution in [1.29, 1.82) is 0 Å². The van der Waals surface area contributed by atoms with Crippen molar-refractivity contribution in [2.45, 2.75) is 12.8 Å². The van der Waals surface area contributed by atoms with Crippen molar-refractivity contribution in [2.24, 2.45) is 0 Å². The van der Waals surface area contributed by atoms with Crippen molar-refractivity contribution >= 4 is 39.9 Å². The molecule has 2 amide bonds. The predicted octanol–water partition coefficient (Wildman–Crippen LogP) is 2.74. The van der Waals surface area contributed by atoms with Gasteiger partial charge in [-0.05, 0) is 24.1 Å². The van der Waals surface area contributed by atoms with Crippen molar-refractivity contribution < 1.29 is 9.59 Å². The molecule has 0 saturated carbocycles. The summed E-state index contributed by atoms with van der Waals surface area (Å²) in [4.78, 5) is 36.1. The number of hydrogen-bond acceptors (Lipinski definition) is 6. The summed E-state index contributed by atoms with van der Waals surface area (Å²) in [6, 6.07) is 7.51. The molecule has 0 saturated heterocycles. The van der Waals surface area contributed by atoms with Crippen LogP contribution in [0.15, 0.2) is 48.2 Å². The monoisotopic (exact) mass is 401 g/mol. The van der Waals surface area contributed by atoms with E-state index in [9.17, 15) is 9.59 Å². The second-order valence-electron chi connectivity index (χ2n) is 5.59. The molecule has 7 nitrogen and oxygen atoms in total. The Hall–Kier alpha value is -2.84. The normalized spacial score (nSPS) is 10.4. The highest BCUT2D eigenvalue weighted by molar-refractivity contribution is 7.14. The molecule has 2 heterocycles. The Morgan fingerprint density at radius 3 is 2.70 bits per heavy atom. The van der Waals surface area contributed by atoms with Crippen LogP contribution >= 0.6 is 22.9 Å². The summed E-state index contributed by atoms with van der Waals surface area (Å²) >= 11 is 7.10. The first kappa shape index (κ1) is 18.9. The van der Waals surface area contributed by atoms with E-state index in [-0.39, 0.29) is 18.0 Å². The maximum atomic E-state index is 12.0. The number of rotatable bonds is 7. The third-order valence-corrected chi connectivity index (χ3v) is 4.62. The topological polar surface area (TPSA) is 96.9 Å². The van der Waals surface area contributed by atoms with Gasteiger partial charge in [0.15, 0.2) is 5.13 Å². The molecule has 0 fully saturated rings. The fourth-order valence-corrected chi connectivity index (χ4v) is 3.08. The van der Waals surface area contributed by atoms with Crippen LogP contribution in [0.3, 0.4) is 0 Å². The highest BCUT2D eigenvalue weighted by Gasteiger charge is 2.12. The second kappa shape index (κ2) is 9.20. The average molecular weight is 402 g/mol. The lowest BCUT2D eigenvalue weighted by atomic mass is 10.1. The van der Waals surface area contributed by atoms with Gasteiger partial charge in [-0.25, -0.2) is 9.97 Å². The molecule has 27 heavy (non-hydrogen) atoms. The molecular formula is C18H16ClN5O2S. The van der Waals surface area contributed by atoms with E-state index >= 15 is 0 Å². The Bertz CT molecular complexity index is 915. The van der Waals surface area contributed by atoms with E-state index in [0.29, 0.717) is 22.4 Å². The Morgan fingerprint density at radius 2 is 1.96 bits per heavy atom. The highest BCUT2D eigenvalue weighted by Crippen LogP contribution is 2.16. The van der Waals surface area contributed by atoms with Crippen molar-refractivity contribution in [3.8, 4) is 0 Å². The van der Waals surface area contributed by atoms with Crippen LogP contribution in [0.4, 0.5) is 5.13 Å². The van der Waals surface area contributed by atoms with E-state index in [1.165, 1.54) is 29.9 Å². The quantitative estimate of drug-likeness (QED) is 0.634. The number of amides is 2. The first-order valence-electron chi connectivity index (χ1n) is 8.13. The standard InChI is InChI=1S/C18H16ClN5O2S/c19-13-3-1-12(2-4-13)5-6-22-16(25)9-14-11-27-18(23-14)24-17(26)15-10-20-7-8-21-15/h1-4,7-8,10-11H,5-6,9H2,(H,22,25)(H,23,24,26).